The van der Waals surface area contributed by atoms with E-state index in [-0.39, 0.29) is 30.8 Å². The summed E-state index contributed by atoms with van der Waals surface area (Å²) in [6.07, 6.45) is 1.63. The van der Waals surface area contributed by atoms with Crippen LogP contribution in [0.5, 0.6) is 0 Å². The minimum absolute atomic E-state index is 0.0476. The largest absolute Gasteiger partial charge is 0.459 e. The van der Waals surface area contributed by atoms with Crippen molar-refractivity contribution in [2.75, 3.05) is 5.32 Å². The van der Waals surface area contributed by atoms with Crippen molar-refractivity contribution in [2.45, 2.75) is 32.8 Å². The molecule has 6 nitrogen and oxygen atoms in total. The zero-order valence-corrected chi connectivity index (χ0v) is 15.8. The predicted molar refractivity (Wildman–Crippen MR) is 107 cm³/mol. The van der Waals surface area contributed by atoms with Crippen molar-refractivity contribution in [2.24, 2.45) is 0 Å². The quantitative estimate of drug-likeness (QED) is 0.650. The SMILES string of the molecule is CC(C)OC(=O)c1cccc(NC(=O)CCC(=O)n2ccc3ccccc32)c1. The van der Waals surface area contributed by atoms with Crippen LogP contribution < -0.4 is 5.32 Å². The topological polar surface area (TPSA) is 77.4 Å². The highest BCUT2D eigenvalue weighted by Gasteiger charge is 2.13. The molecule has 0 aliphatic rings. The summed E-state index contributed by atoms with van der Waals surface area (Å²) in [7, 11) is 0. The molecule has 1 amide bonds. The Bertz CT molecular complexity index is 1020. The number of fused-ring (bicyclic) bond motifs is 1. The first-order valence-corrected chi connectivity index (χ1v) is 9.14. The van der Waals surface area contributed by atoms with Crippen LogP contribution >= 0.6 is 0 Å². The van der Waals surface area contributed by atoms with Crippen LogP contribution in [0.3, 0.4) is 0 Å². The second kappa shape index (κ2) is 8.52. The molecule has 0 atom stereocenters. The molecular formula is C22H22N2O4. The number of aromatic nitrogens is 1. The Kier molecular flexibility index (Phi) is 5.89. The predicted octanol–water partition coefficient (Wildman–Crippen LogP) is 4.27. The van der Waals surface area contributed by atoms with E-state index in [1.807, 2.05) is 30.3 Å². The fourth-order valence-electron chi connectivity index (χ4n) is 2.87. The third kappa shape index (κ3) is 4.65. The molecule has 0 saturated carbocycles. The Hall–Kier alpha value is -3.41. The summed E-state index contributed by atoms with van der Waals surface area (Å²) in [6.45, 7) is 3.54. The number of hydrogen-bond donors (Lipinski definition) is 1. The van der Waals surface area contributed by atoms with Crippen LogP contribution in [0.15, 0.2) is 60.8 Å². The third-order valence-corrected chi connectivity index (χ3v) is 4.16. The first kappa shape index (κ1) is 19.4. The van der Waals surface area contributed by atoms with E-state index < -0.39 is 5.97 Å². The molecule has 0 saturated heterocycles. The number of rotatable bonds is 6. The van der Waals surface area contributed by atoms with Gasteiger partial charge in [-0.2, -0.15) is 0 Å². The number of anilines is 1. The summed E-state index contributed by atoms with van der Waals surface area (Å²) in [6, 6.07) is 16.0. The zero-order valence-electron chi connectivity index (χ0n) is 15.8. The normalized spacial score (nSPS) is 10.8. The maximum absolute atomic E-state index is 12.4. The van der Waals surface area contributed by atoms with Gasteiger partial charge in [-0.15, -0.1) is 0 Å². The minimum Gasteiger partial charge on any atom is -0.459 e. The summed E-state index contributed by atoms with van der Waals surface area (Å²) < 4.78 is 6.71. The van der Waals surface area contributed by atoms with Gasteiger partial charge in [-0.05, 0) is 44.2 Å². The number of ether oxygens (including phenoxy) is 1. The van der Waals surface area contributed by atoms with Gasteiger partial charge >= 0.3 is 5.97 Å². The fourth-order valence-corrected chi connectivity index (χ4v) is 2.87. The van der Waals surface area contributed by atoms with Crippen LogP contribution in [0.25, 0.3) is 10.9 Å². The standard InChI is InChI=1S/C22H22N2O4/c1-15(2)28-22(27)17-7-5-8-18(14-17)23-20(25)10-11-21(26)24-13-12-16-6-3-4-9-19(16)24/h3-9,12-15H,10-11H2,1-2H3,(H,23,25). The molecule has 1 heterocycles. The molecule has 0 fully saturated rings. The van der Waals surface area contributed by atoms with Crippen molar-refractivity contribution < 1.29 is 19.1 Å². The monoisotopic (exact) mass is 378 g/mol. The molecule has 1 N–H and O–H groups in total. The van der Waals surface area contributed by atoms with Crippen LogP contribution in [0.2, 0.25) is 0 Å². The van der Waals surface area contributed by atoms with Crippen LogP contribution in [-0.4, -0.2) is 28.5 Å². The summed E-state index contributed by atoms with van der Waals surface area (Å²) in [4.78, 5) is 36.6. The lowest BCUT2D eigenvalue weighted by Gasteiger charge is -2.10. The van der Waals surface area contributed by atoms with E-state index in [9.17, 15) is 14.4 Å². The van der Waals surface area contributed by atoms with Crippen LogP contribution in [0, 0.1) is 0 Å². The average molecular weight is 378 g/mol. The lowest BCUT2D eigenvalue weighted by Crippen LogP contribution is -2.17. The first-order chi connectivity index (χ1) is 13.4. The maximum Gasteiger partial charge on any atom is 0.338 e. The molecule has 3 aromatic rings. The van der Waals surface area contributed by atoms with E-state index in [0.717, 1.165) is 10.9 Å². The molecule has 144 valence electrons. The fraction of sp³-hybridized carbons (Fsp3) is 0.227. The lowest BCUT2D eigenvalue weighted by molar-refractivity contribution is -0.116. The Balaban J connectivity index is 1.58. The maximum atomic E-state index is 12.4. The van der Waals surface area contributed by atoms with Crippen molar-refractivity contribution in [3.63, 3.8) is 0 Å². The molecule has 0 radical (unpaired) electrons. The third-order valence-electron chi connectivity index (χ3n) is 4.16. The van der Waals surface area contributed by atoms with Crippen LogP contribution in [0.4, 0.5) is 5.69 Å². The van der Waals surface area contributed by atoms with Crippen LogP contribution in [-0.2, 0) is 9.53 Å². The van der Waals surface area contributed by atoms with Gasteiger partial charge in [0.2, 0.25) is 11.8 Å². The highest BCUT2D eigenvalue weighted by Crippen LogP contribution is 2.17. The van der Waals surface area contributed by atoms with E-state index in [2.05, 4.69) is 5.32 Å². The zero-order chi connectivity index (χ0) is 20.1. The first-order valence-electron chi connectivity index (χ1n) is 9.14. The van der Waals surface area contributed by atoms with Crippen LogP contribution in [0.1, 0.15) is 41.8 Å². The lowest BCUT2D eigenvalue weighted by atomic mass is 10.2. The number of benzene rings is 2. The van der Waals surface area contributed by atoms with Crippen molar-refractivity contribution >= 4 is 34.4 Å². The summed E-state index contributed by atoms with van der Waals surface area (Å²) in [5.41, 5.74) is 1.67. The molecule has 0 spiro atoms. The second-order valence-corrected chi connectivity index (χ2v) is 6.72. The number of nitrogens with one attached hydrogen (secondary N) is 1. The van der Waals surface area contributed by atoms with Gasteiger partial charge in [-0.1, -0.05) is 24.3 Å². The van der Waals surface area contributed by atoms with Gasteiger partial charge in [0, 0.05) is 30.1 Å². The molecule has 0 unspecified atom stereocenters. The number of para-hydroxylation sites is 1. The minimum atomic E-state index is -0.444. The van der Waals surface area contributed by atoms with Crippen molar-refractivity contribution in [1.29, 1.82) is 0 Å². The van der Waals surface area contributed by atoms with Gasteiger partial charge in [-0.25, -0.2) is 4.79 Å². The highest BCUT2D eigenvalue weighted by atomic mass is 16.5. The molecule has 0 aliphatic carbocycles. The van der Waals surface area contributed by atoms with E-state index in [1.54, 1.807) is 48.9 Å². The van der Waals surface area contributed by atoms with E-state index in [1.165, 1.54) is 0 Å². The second-order valence-electron chi connectivity index (χ2n) is 6.72. The number of amides is 1. The van der Waals surface area contributed by atoms with Gasteiger partial charge in [-0.3, -0.25) is 14.2 Å². The Morgan fingerprint density at radius 2 is 1.79 bits per heavy atom. The van der Waals surface area contributed by atoms with E-state index in [4.69, 9.17) is 4.74 Å². The molecule has 28 heavy (non-hydrogen) atoms. The van der Waals surface area contributed by atoms with Gasteiger partial charge in [0.1, 0.15) is 0 Å². The summed E-state index contributed by atoms with van der Waals surface area (Å²) >= 11 is 0. The number of carbonyl (C=O) groups is 3. The Labute approximate surface area is 163 Å². The molecule has 3 rings (SSSR count). The number of nitrogens with zero attached hydrogens (tertiary/aromatic N) is 1. The van der Waals surface area contributed by atoms with Gasteiger partial charge in [0.25, 0.3) is 0 Å². The molecular weight excluding hydrogens is 356 g/mol. The Morgan fingerprint density at radius 3 is 2.57 bits per heavy atom. The van der Waals surface area contributed by atoms with Gasteiger partial charge in [0.05, 0.1) is 17.2 Å². The number of esters is 1. The molecule has 0 aliphatic heterocycles. The van der Waals surface area contributed by atoms with E-state index >= 15 is 0 Å². The summed E-state index contributed by atoms with van der Waals surface area (Å²) in [5, 5.41) is 3.70. The molecule has 1 aromatic heterocycles. The molecule has 2 aromatic carbocycles. The van der Waals surface area contributed by atoms with Crippen molar-refractivity contribution in [3.05, 3.63) is 66.4 Å². The Morgan fingerprint density at radius 1 is 1.00 bits per heavy atom. The van der Waals surface area contributed by atoms with Gasteiger partial charge < -0.3 is 10.1 Å². The van der Waals surface area contributed by atoms with E-state index in [0.29, 0.717) is 11.3 Å². The number of hydrogen-bond acceptors (Lipinski definition) is 4. The molecule has 0 bridgehead atoms. The smallest absolute Gasteiger partial charge is 0.338 e. The average Bonchev–Trinajstić information content (AvgIpc) is 3.10. The van der Waals surface area contributed by atoms with Crippen molar-refractivity contribution in [3.8, 4) is 0 Å². The highest BCUT2D eigenvalue weighted by molar-refractivity contribution is 5.97. The number of carbonyl (C=O) groups excluding carboxylic acids is 3. The summed E-state index contributed by atoms with van der Waals surface area (Å²) in [5.74, 6) is -0.884. The van der Waals surface area contributed by atoms with Crippen molar-refractivity contribution in [1.82, 2.24) is 4.57 Å². The molecule has 6 heteroatoms. The van der Waals surface area contributed by atoms with Gasteiger partial charge in [0.15, 0.2) is 0 Å².